The fourth-order valence-electron chi connectivity index (χ4n) is 3.38. The summed E-state index contributed by atoms with van der Waals surface area (Å²) in [5.41, 5.74) is 0.00236. The van der Waals surface area contributed by atoms with Crippen LogP contribution in [0.2, 0.25) is 0 Å². The monoisotopic (exact) mass is 533 g/mol. The number of aromatic nitrogens is 2. The second-order valence-corrected chi connectivity index (χ2v) is 10.4. The predicted octanol–water partition coefficient (Wildman–Crippen LogP) is 4.24. The summed E-state index contributed by atoms with van der Waals surface area (Å²) in [6.07, 6.45) is 0.672. The van der Waals surface area contributed by atoms with E-state index in [0.717, 1.165) is 18.2 Å². The summed E-state index contributed by atoms with van der Waals surface area (Å²) in [6, 6.07) is 7.85. The lowest BCUT2D eigenvalue weighted by Gasteiger charge is -2.15. The molecule has 13 heteroatoms. The fourth-order valence-corrected chi connectivity index (χ4v) is 4.77. The highest BCUT2D eigenvalue weighted by Crippen LogP contribution is 2.35. The Labute approximate surface area is 213 Å². The van der Waals surface area contributed by atoms with Crippen molar-refractivity contribution in [3.05, 3.63) is 69.7 Å². The first-order chi connectivity index (χ1) is 17.3. The van der Waals surface area contributed by atoms with Crippen molar-refractivity contribution >= 4 is 21.6 Å². The van der Waals surface area contributed by atoms with Gasteiger partial charge in [0.25, 0.3) is 11.6 Å². The van der Waals surface area contributed by atoms with Gasteiger partial charge in [0.2, 0.25) is 15.9 Å². The number of nitrogens with one attached hydrogen (secondary N) is 2. The normalized spacial score (nSPS) is 12.4. The number of carbonyl (C=O) groups excluding carboxylic acids is 1. The number of nitro benzene ring substituents is 1. The molecule has 3 rings (SSSR count). The van der Waals surface area contributed by atoms with Crippen molar-refractivity contribution in [2.45, 2.75) is 58.0 Å². The van der Waals surface area contributed by atoms with Gasteiger partial charge in [-0.2, -0.15) is 9.78 Å². The Morgan fingerprint density at radius 3 is 2.51 bits per heavy atom. The quantitative estimate of drug-likeness (QED) is 0.293. The number of sulfonamides is 1. The topological polar surface area (TPSA) is 145 Å². The molecule has 37 heavy (non-hydrogen) atoms. The van der Waals surface area contributed by atoms with E-state index in [1.54, 1.807) is 20.8 Å². The molecule has 0 bridgehead atoms. The third-order valence-corrected chi connectivity index (χ3v) is 7.03. The molecule has 0 radical (unpaired) electrons. The van der Waals surface area contributed by atoms with Gasteiger partial charge in [-0.05, 0) is 58.4 Å². The maximum atomic E-state index is 14.0. The zero-order valence-corrected chi connectivity index (χ0v) is 21.8. The lowest BCUT2D eigenvalue weighted by molar-refractivity contribution is -0.385. The Bertz CT molecular complexity index is 1440. The minimum atomic E-state index is -4.24. The number of amides is 1. The summed E-state index contributed by atoms with van der Waals surface area (Å²) in [6.45, 7) is 8.47. The molecule has 0 aliphatic carbocycles. The van der Waals surface area contributed by atoms with E-state index in [2.05, 4.69) is 15.1 Å². The minimum Gasteiger partial charge on any atom is -0.437 e. The molecule has 11 nitrogen and oxygen atoms in total. The summed E-state index contributed by atoms with van der Waals surface area (Å²) in [7, 11) is -4.24. The molecule has 1 atom stereocenters. The van der Waals surface area contributed by atoms with Crippen molar-refractivity contribution in [3.63, 3.8) is 0 Å². The van der Waals surface area contributed by atoms with Gasteiger partial charge in [0.05, 0.1) is 10.6 Å². The molecule has 0 aliphatic heterocycles. The van der Waals surface area contributed by atoms with Crippen LogP contribution in [0, 0.1) is 22.9 Å². The largest absolute Gasteiger partial charge is 0.437 e. The first kappa shape index (κ1) is 27.7. The number of benzene rings is 2. The number of hydrogen-bond donors (Lipinski definition) is 2. The summed E-state index contributed by atoms with van der Waals surface area (Å²) in [5, 5.41) is 18.5. The van der Waals surface area contributed by atoms with Crippen LogP contribution in [0.1, 0.15) is 50.2 Å². The van der Waals surface area contributed by atoms with Crippen molar-refractivity contribution in [2.24, 2.45) is 0 Å². The van der Waals surface area contributed by atoms with Gasteiger partial charge in [-0.15, -0.1) is 0 Å². The smallest absolute Gasteiger partial charge is 0.272 e. The van der Waals surface area contributed by atoms with Crippen LogP contribution in [0.3, 0.4) is 0 Å². The van der Waals surface area contributed by atoms with Crippen LogP contribution in [0.25, 0.3) is 5.69 Å². The lowest BCUT2D eigenvalue weighted by atomic mass is 10.2. The molecule has 2 N–H and O–H groups in total. The summed E-state index contributed by atoms with van der Waals surface area (Å²) < 4.78 is 49.7. The lowest BCUT2D eigenvalue weighted by Crippen LogP contribution is -2.32. The third-order valence-electron chi connectivity index (χ3n) is 5.35. The van der Waals surface area contributed by atoms with Crippen molar-refractivity contribution in [3.8, 4) is 17.3 Å². The third kappa shape index (κ3) is 6.30. The molecule has 1 heterocycles. The Morgan fingerprint density at radius 1 is 1.22 bits per heavy atom. The molecular weight excluding hydrogens is 505 g/mol. The molecule has 1 amide bonds. The van der Waals surface area contributed by atoms with Crippen molar-refractivity contribution in [2.75, 3.05) is 0 Å². The van der Waals surface area contributed by atoms with E-state index in [1.165, 1.54) is 28.9 Å². The van der Waals surface area contributed by atoms with Gasteiger partial charge in [0, 0.05) is 29.8 Å². The number of ether oxygens (including phenoxy) is 1. The van der Waals surface area contributed by atoms with Crippen molar-refractivity contribution in [1.29, 1.82) is 0 Å². The van der Waals surface area contributed by atoms with Gasteiger partial charge in [-0.1, -0.05) is 13.0 Å². The Balaban J connectivity index is 2.21. The van der Waals surface area contributed by atoms with Gasteiger partial charge in [0.15, 0.2) is 5.69 Å². The highest BCUT2D eigenvalue weighted by atomic mass is 32.2. The standard InChI is InChI=1S/C24H28FN5O6S/c1-6-15(4)26-23(31)22-16(5)24(29(27-22)18-9-7-8-17(25)12-18)36-20-11-10-19(30(32)33)13-21(20)37(34,35)28-14(2)3/h7-15,28H,6H2,1-5H3,(H,26,31). The molecule has 1 unspecified atom stereocenters. The number of halogens is 1. The summed E-state index contributed by atoms with van der Waals surface area (Å²) in [5.74, 6) is -1.37. The zero-order valence-electron chi connectivity index (χ0n) is 21.0. The van der Waals surface area contributed by atoms with Crippen LogP contribution in [0.4, 0.5) is 10.1 Å². The number of nitrogens with zero attached hydrogens (tertiary/aromatic N) is 3. The van der Waals surface area contributed by atoms with E-state index in [4.69, 9.17) is 4.74 Å². The molecule has 0 spiro atoms. The Morgan fingerprint density at radius 2 is 1.92 bits per heavy atom. The van der Waals surface area contributed by atoms with E-state index in [0.29, 0.717) is 6.42 Å². The number of hydrogen-bond acceptors (Lipinski definition) is 7. The molecular formula is C24H28FN5O6S. The SMILES string of the molecule is CCC(C)NC(=O)c1nn(-c2cccc(F)c2)c(Oc2ccc([N+](=O)[O-])cc2S(=O)(=O)NC(C)C)c1C. The van der Waals surface area contributed by atoms with E-state index in [1.807, 2.05) is 13.8 Å². The minimum absolute atomic E-state index is 0.00816. The molecule has 0 saturated heterocycles. The highest BCUT2D eigenvalue weighted by molar-refractivity contribution is 7.89. The number of rotatable bonds is 10. The average molecular weight is 534 g/mol. The molecule has 198 valence electrons. The number of nitro groups is 1. The summed E-state index contributed by atoms with van der Waals surface area (Å²) in [4.78, 5) is 23.1. The highest BCUT2D eigenvalue weighted by Gasteiger charge is 2.28. The van der Waals surface area contributed by atoms with E-state index < -0.39 is 43.3 Å². The molecule has 3 aromatic rings. The van der Waals surface area contributed by atoms with Crippen LogP contribution in [-0.2, 0) is 10.0 Å². The Kier molecular flexibility index (Phi) is 8.28. The van der Waals surface area contributed by atoms with Crippen molar-refractivity contribution < 1.29 is 27.3 Å². The van der Waals surface area contributed by atoms with Crippen LogP contribution < -0.4 is 14.8 Å². The van der Waals surface area contributed by atoms with Gasteiger partial charge in [0.1, 0.15) is 16.5 Å². The molecule has 2 aromatic carbocycles. The average Bonchev–Trinajstić information content (AvgIpc) is 3.14. The van der Waals surface area contributed by atoms with E-state index in [-0.39, 0.29) is 34.6 Å². The van der Waals surface area contributed by atoms with E-state index in [9.17, 15) is 27.7 Å². The first-order valence-corrected chi connectivity index (χ1v) is 13.0. The maximum absolute atomic E-state index is 14.0. The predicted molar refractivity (Wildman–Crippen MR) is 134 cm³/mol. The van der Waals surface area contributed by atoms with Gasteiger partial charge in [-0.3, -0.25) is 14.9 Å². The Hall–Kier alpha value is -3.84. The fraction of sp³-hybridized carbons (Fsp3) is 0.333. The molecule has 1 aromatic heterocycles. The van der Waals surface area contributed by atoms with Crippen molar-refractivity contribution in [1.82, 2.24) is 19.8 Å². The zero-order chi connectivity index (χ0) is 27.5. The van der Waals surface area contributed by atoms with Gasteiger partial charge < -0.3 is 10.1 Å². The van der Waals surface area contributed by atoms with Crippen LogP contribution in [-0.4, -0.2) is 41.1 Å². The van der Waals surface area contributed by atoms with Crippen LogP contribution in [0.15, 0.2) is 47.4 Å². The van der Waals surface area contributed by atoms with Crippen LogP contribution in [0.5, 0.6) is 11.6 Å². The molecule has 0 fully saturated rings. The van der Waals surface area contributed by atoms with Gasteiger partial charge >= 0.3 is 0 Å². The van der Waals surface area contributed by atoms with E-state index >= 15 is 0 Å². The second-order valence-electron chi connectivity index (χ2n) is 8.72. The van der Waals surface area contributed by atoms with Gasteiger partial charge in [-0.25, -0.2) is 17.5 Å². The number of carbonyl (C=O) groups is 1. The van der Waals surface area contributed by atoms with Crippen LogP contribution >= 0.6 is 0 Å². The number of non-ortho nitro benzene ring substituents is 1. The molecule has 0 saturated carbocycles. The second kappa shape index (κ2) is 11.0. The summed E-state index contributed by atoms with van der Waals surface area (Å²) >= 11 is 0. The maximum Gasteiger partial charge on any atom is 0.272 e. The molecule has 0 aliphatic rings. The first-order valence-electron chi connectivity index (χ1n) is 11.5.